The minimum atomic E-state index is 0. The smallest absolute Gasteiger partial charge is 0.0774 e. The molecule has 0 N–H and O–H groups in total. The van der Waals surface area contributed by atoms with Crippen LogP contribution < -0.4 is 0 Å². The minimum absolute atomic E-state index is 0. The number of hydrogen-bond acceptors (Lipinski definition) is 3. The summed E-state index contributed by atoms with van der Waals surface area (Å²) in [5.74, 6) is 0.873. The molecule has 0 amide bonds. The molecule has 3 nitrogen and oxygen atoms in total. The van der Waals surface area contributed by atoms with Gasteiger partial charge >= 0.3 is 0 Å². The van der Waals surface area contributed by atoms with Crippen molar-refractivity contribution in [3.63, 3.8) is 0 Å². The summed E-state index contributed by atoms with van der Waals surface area (Å²) in [4.78, 5) is 9.19. The van der Waals surface area contributed by atoms with Gasteiger partial charge in [-0.15, -0.1) is 47.3 Å². The number of benzene rings is 5. The van der Waals surface area contributed by atoms with Crippen LogP contribution >= 0.6 is 11.3 Å². The SMILES string of the molecule is [2H]c1ccc2c(-c3nc4ccccc4n3-c3ccc(-c4ccccc4)cc3)[c-]sc2c1.[Ir].[c-]1ccccc1-c1ccccn1. The van der Waals surface area contributed by atoms with Gasteiger partial charge < -0.3 is 9.55 Å². The van der Waals surface area contributed by atoms with Crippen LogP contribution in [0, 0.1) is 11.4 Å². The maximum atomic E-state index is 7.92. The number of fused-ring (bicyclic) bond motifs is 2. The molecule has 0 saturated heterocycles. The Bertz CT molecular complexity index is 2090. The first-order valence-electron chi connectivity index (χ1n) is 14.2. The van der Waals surface area contributed by atoms with Gasteiger partial charge in [0.2, 0.25) is 0 Å². The van der Waals surface area contributed by atoms with E-state index in [1.807, 2.05) is 84.9 Å². The van der Waals surface area contributed by atoms with Crippen LogP contribution in [0.15, 0.2) is 152 Å². The first-order valence-corrected chi connectivity index (χ1v) is 14.5. The van der Waals surface area contributed by atoms with Crippen LogP contribution in [-0.2, 0) is 20.1 Å². The number of rotatable bonds is 4. The molecule has 43 heavy (non-hydrogen) atoms. The van der Waals surface area contributed by atoms with E-state index in [-0.39, 0.29) is 20.1 Å². The maximum Gasteiger partial charge on any atom is 0.0774 e. The third kappa shape index (κ3) is 5.97. The van der Waals surface area contributed by atoms with Gasteiger partial charge in [0.05, 0.1) is 18.2 Å². The van der Waals surface area contributed by atoms with Crippen molar-refractivity contribution in [2.75, 3.05) is 0 Å². The first-order chi connectivity index (χ1) is 21.2. The Hall–Kier alpha value is -4.67. The average Bonchev–Trinajstić information content (AvgIpc) is 3.67. The molecule has 0 saturated carbocycles. The third-order valence-corrected chi connectivity index (χ3v) is 7.89. The Morgan fingerprint density at radius 3 is 2.26 bits per heavy atom. The van der Waals surface area contributed by atoms with Crippen molar-refractivity contribution < 1.29 is 21.5 Å². The van der Waals surface area contributed by atoms with Gasteiger partial charge in [0, 0.05) is 32.0 Å². The van der Waals surface area contributed by atoms with Crippen molar-refractivity contribution in [2.45, 2.75) is 0 Å². The number of pyridine rings is 1. The van der Waals surface area contributed by atoms with Gasteiger partial charge in [-0.05, 0) is 47.2 Å². The average molecular weight is 749 g/mol. The molecule has 3 heterocycles. The molecule has 0 fully saturated rings. The first kappa shape index (κ1) is 27.2. The van der Waals surface area contributed by atoms with E-state index in [2.05, 4.69) is 75.6 Å². The Balaban J connectivity index is 0.000000222. The normalized spacial score (nSPS) is 10.9. The van der Waals surface area contributed by atoms with E-state index in [0.29, 0.717) is 6.04 Å². The van der Waals surface area contributed by atoms with Crippen molar-refractivity contribution in [1.29, 1.82) is 0 Å². The van der Waals surface area contributed by atoms with Crippen molar-refractivity contribution in [1.82, 2.24) is 14.5 Å². The van der Waals surface area contributed by atoms with Gasteiger partial charge in [0.1, 0.15) is 0 Å². The largest absolute Gasteiger partial charge is 0.333 e. The summed E-state index contributed by atoms with van der Waals surface area (Å²) in [6, 6.07) is 50.3. The van der Waals surface area contributed by atoms with Crippen LogP contribution in [0.25, 0.3) is 60.6 Å². The zero-order chi connectivity index (χ0) is 29.0. The van der Waals surface area contributed by atoms with Gasteiger partial charge in [0.15, 0.2) is 0 Å². The van der Waals surface area contributed by atoms with Crippen molar-refractivity contribution in [3.8, 4) is 39.5 Å². The fraction of sp³-hybridized carbons (Fsp3) is 0. The Morgan fingerprint density at radius 2 is 1.47 bits per heavy atom. The molecule has 0 bridgehead atoms. The molecule has 8 rings (SSSR count). The fourth-order valence-corrected chi connectivity index (χ4v) is 5.82. The summed E-state index contributed by atoms with van der Waals surface area (Å²) in [6.45, 7) is 0. The summed E-state index contributed by atoms with van der Waals surface area (Å²) in [5.41, 5.74) is 8.45. The predicted molar refractivity (Wildman–Crippen MR) is 175 cm³/mol. The Labute approximate surface area is 269 Å². The van der Waals surface area contributed by atoms with Crippen LogP contribution in [0.1, 0.15) is 1.37 Å². The van der Waals surface area contributed by atoms with Crippen LogP contribution in [-0.4, -0.2) is 14.5 Å². The second-order valence-electron chi connectivity index (χ2n) is 9.67. The van der Waals surface area contributed by atoms with Gasteiger partial charge in [-0.1, -0.05) is 101 Å². The molecule has 8 aromatic rings. The zero-order valence-corrected chi connectivity index (χ0v) is 26.2. The van der Waals surface area contributed by atoms with E-state index >= 15 is 0 Å². The molecule has 209 valence electrons. The summed E-state index contributed by atoms with van der Waals surface area (Å²) < 4.78 is 11.2. The van der Waals surface area contributed by atoms with Crippen molar-refractivity contribution >= 4 is 32.5 Å². The third-order valence-electron chi connectivity index (χ3n) is 7.03. The molecule has 0 spiro atoms. The molecule has 0 aliphatic carbocycles. The van der Waals surface area contributed by atoms with Crippen LogP contribution in [0.5, 0.6) is 0 Å². The Morgan fingerprint density at radius 1 is 0.698 bits per heavy atom. The second kappa shape index (κ2) is 13.1. The number of thiophene rings is 1. The number of para-hydroxylation sites is 2. The van der Waals surface area contributed by atoms with Gasteiger partial charge in [-0.2, -0.15) is 0 Å². The molecule has 0 aliphatic heterocycles. The number of aromatic nitrogens is 3. The van der Waals surface area contributed by atoms with Crippen LogP contribution in [0.4, 0.5) is 0 Å². The minimum Gasteiger partial charge on any atom is -0.333 e. The number of hydrogen-bond donors (Lipinski definition) is 0. The molecule has 5 heteroatoms. The monoisotopic (exact) mass is 749 g/mol. The van der Waals surface area contributed by atoms with Crippen molar-refractivity contribution in [2.24, 2.45) is 0 Å². The standard InChI is InChI=1S/C27H17N2S.C11H8N.Ir/c1-2-8-19(9-3-1)20-14-16-21(17-15-20)29-25-12-6-5-11-24(25)28-27(29)23-18-30-26-13-7-4-10-22(23)26;1-2-6-10(7-3-1)11-8-4-5-9-12-11;/h1-17H;1-6,8-9H;/q2*-1;/i7D;;. The number of nitrogens with zero attached hydrogens (tertiary/aromatic N) is 3. The summed E-state index contributed by atoms with van der Waals surface area (Å²) >= 11 is 1.54. The fourth-order valence-electron chi connectivity index (χ4n) is 5.00. The summed E-state index contributed by atoms with van der Waals surface area (Å²) in [5, 5.41) is 4.52. The van der Waals surface area contributed by atoms with Crippen LogP contribution in [0.2, 0.25) is 0 Å². The van der Waals surface area contributed by atoms with E-state index < -0.39 is 0 Å². The Kier molecular flexibility index (Phi) is 8.28. The van der Waals surface area contributed by atoms with Gasteiger partial charge in [-0.3, -0.25) is 16.3 Å². The van der Waals surface area contributed by atoms with Crippen molar-refractivity contribution in [3.05, 3.63) is 163 Å². The molecule has 0 unspecified atom stereocenters. The van der Waals surface area contributed by atoms with E-state index in [9.17, 15) is 0 Å². The molecule has 1 radical (unpaired) electrons. The molecule has 5 aromatic carbocycles. The van der Waals surface area contributed by atoms with E-state index in [1.54, 1.807) is 6.20 Å². The number of imidazole rings is 1. The molecular weight excluding hydrogens is 723 g/mol. The van der Waals surface area contributed by atoms with Gasteiger partial charge in [0.25, 0.3) is 0 Å². The molecular formula is C38H25IrN3S-2. The summed E-state index contributed by atoms with van der Waals surface area (Å²) in [7, 11) is 0. The van der Waals surface area contributed by atoms with Crippen LogP contribution in [0.3, 0.4) is 0 Å². The second-order valence-corrected chi connectivity index (χ2v) is 10.5. The zero-order valence-electron chi connectivity index (χ0n) is 23.9. The predicted octanol–water partition coefficient (Wildman–Crippen LogP) is 9.92. The van der Waals surface area contributed by atoms with E-state index in [0.717, 1.165) is 49.5 Å². The van der Waals surface area contributed by atoms with E-state index in [4.69, 9.17) is 6.35 Å². The van der Waals surface area contributed by atoms with Gasteiger partial charge in [-0.25, -0.2) is 0 Å². The topological polar surface area (TPSA) is 30.7 Å². The molecule has 0 atom stereocenters. The molecule has 3 aromatic heterocycles. The maximum absolute atomic E-state index is 7.92. The quantitative estimate of drug-likeness (QED) is 0.168. The van der Waals surface area contributed by atoms with E-state index in [1.165, 1.54) is 22.5 Å². The molecule has 0 aliphatic rings. The summed E-state index contributed by atoms with van der Waals surface area (Å²) in [6.07, 6.45) is 1.79.